The fourth-order valence-corrected chi connectivity index (χ4v) is 8.39. The number of aromatic hydroxyl groups is 1. The van der Waals surface area contributed by atoms with Crippen molar-refractivity contribution in [3.63, 3.8) is 0 Å². The number of carbonyl (C=O) groups excluding carboxylic acids is 2. The number of rotatable bonds is 17. The van der Waals surface area contributed by atoms with E-state index in [1.807, 2.05) is 54.6 Å². The van der Waals surface area contributed by atoms with Gasteiger partial charge < -0.3 is 62.2 Å². The normalized spacial score (nSPS) is 25.4. The van der Waals surface area contributed by atoms with Gasteiger partial charge in [0.1, 0.15) is 24.0 Å². The van der Waals surface area contributed by atoms with E-state index in [0.717, 1.165) is 79.6 Å². The number of fused-ring (bicyclic) bond motifs is 3. The first-order valence-corrected chi connectivity index (χ1v) is 18.3. The van der Waals surface area contributed by atoms with Crippen LogP contribution < -0.4 is 32.9 Å². The molecule has 3 aromatic rings. The number of aliphatic hydroxyl groups excluding tert-OH is 1. The predicted octanol–water partition coefficient (Wildman–Crippen LogP) is 1.44. The first-order valence-electron chi connectivity index (χ1n) is 18.3. The van der Waals surface area contributed by atoms with E-state index in [1.165, 1.54) is 6.07 Å². The minimum atomic E-state index is -1.06. The third kappa shape index (κ3) is 9.59. The summed E-state index contributed by atoms with van der Waals surface area (Å²) in [6, 6.07) is 22.2. The highest BCUT2D eigenvalue weighted by molar-refractivity contribution is 5.90. The zero-order chi connectivity index (χ0) is 35.8. The second-order valence-corrected chi connectivity index (χ2v) is 14.7. The Bertz CT molecular complexity index is 1610. The molecule has 3 heterocycles. The Hall–Kier alpha value is -3.36. The van der Waals surface area contributed by atoms with Gasteiger partial charge in [0.2, 0.25) is 12.3 Å². The number of nitrogens with zero attached hydrogens (tertiary/aromatic N) is 1. The molecule has 3 aromatic carbocycles. The second-order valence-electron chi connectivity index (χ2n) is 14.7. The molecule has 4 fully saturated rings. The lowest BCUT2D eigenvalue weighted by atomic mass is 9.80. The molecule has 1 aliphatic carbocycles. The molecule has 282 valence electrons. The van der Waals surface area contributed by atoms with Crippen molar-refractivity contribution < 1.29 is 55.8 Å². The highest BCUT2D eigenvalue weighted by Crippen LogP contribution is 2.43. The van der Waals surface area contributed by atoms with Crippen LogP contribution in [0.4, 0.5) is 11.4 Å². The highest BCUT2D eigenvalue weighted by Gasteiger charge is 2.49. The molecule has 0 radical (unpaired) electrons. The number of phenols is 1. The van der Waals surface area contributed by atoms with Crippen molar-refractivity contribution in [2.45, 2.75) is 69.0 Å². The smallest absolute Gasteiger partial charge is 0.230 e. The van der Waals surface area contributed by atoms with Crippen LogP contribution in [0.3, 0.4) is 0 Å². The molecular formula is C40H53BrN4O7. The number of hydrogen-bond donors (Lipinski definition) is 6. The molecule has 4 aliphatic rings. The van der Waals surface area contributed by atoms with Gasteiger partial charge in [0, 0.05) is 44.6 Å². The Morgan fingerprint density at radius 2 is 1.79 bits per heavy atom. The monoisotopic (exact) mass is 780 g/mol. The van der Waals surface area contributed by atoms with Gasteiger partial charge in [0.15, 0.2) is 0 Å². The maximum Gasteiger partial charge on any atom is 0.230 e. The molecule has 0 aromatic heterocycles. The molecule has 3 aliphatic heterocycles. The molecule has 2 bridgehead atoms. The van der Waals surface area contributed by atoms with Crippen molar-refractivity contribution in [2.24, 2.45) is 11.8 Å². The van der Waals surface area contributed by atoms with Gasteiger partial charge in [-0.05, 0) is 66.1 Å². The third-order valence-corrected chi connectivity index (χ3v) is 11.6. The number of quaternary nitrogens is 1. The first kappa shape index (κ1) is 39.8. The first-order chi connectivity index (χ1) is 24.7. The number of methoxy groups -OCH3 is 1. The van der Waals surface area contributed by atoms with Gasteiger partial charge >= 0.3 is 0 Å². The SMILES string of the molecule is COC1CCC([C@@](O)(CO[C@H]2C[N+]3(CCC(=O)Nc4ccc(CNC[C@H](O)c5ccc(O)c(NC=O)c5)cc4)CCC2CC3)c2ccccc2)C1.[Br-]. The maximum atomic E-state index is 13.1. The van der Waals surface area contributed by atoms with Crippen molar-refractivity contribution in [3.8, 4) is 5.75 Å². The fourth-order valence-electron chi connectivity index (χ4n) is 8.39. The Labute approximate surface area is 317 Å². The molecule has 1 saturated carbocycles. The highest BCUT2D eigenvalue weighted by atomic mass is 79.9. The van der Waals surface area contributed by atoms with Crippen LogP contribution in [0.25, 0.3) is 0 Å². The van der Waals surface area contributed by atoms with Crippen LogP contribution in [0.1, 0.15) is 61.3 Å². The predicted molar refractivity (Wildman–Crippen MR) is 195 cm³/mol. The number of anilines is 2. The summed E-state index contributed by atoms with van der Waals surface area (Å²) in [5.74, 6) is 0.486. The Morgan fingerprint density at radius 3 is 2.48 bits per heavy atom. The maximum absolute atomic E-state index is 13.1. The number of aliphatic hydroxyl groups is 2. The van der Waals surface area contributed by atoms with E-state index in [9.17, 15) is 24.9 Å². The van der Waals surface area contributed by atoms with Crippen LogP contribution in [0.2, 0.25) is 0 Å². The van der Waals surface area contributed by atoms with Gasteiger partial charge in [0.05, 0.1) is 50.6 Å². The summed E-state index contributed by atoms with van der Waals surface area (Å²) in [6.45, 7) is 4.80. The van der Waals surface area contributed by atoms with Crippen molar-refractivity contribution in [3.05, 3.63) is 89.5 Å². The molecule has 0 spiro atoms. The van der Waals surface area contributed by atoms with E-state index >= 15 is 0 Å². The number of ether oxygens (including phenoxy) is 2. The lowest BCUT2D eigenvalue weighted by Crippen LogP contribution is -3.00. The summed E-state index contributed by atoms with van der Waals surface area (Å²) in [5, 5.41) is 41.2. The number of hydrogen-bond acceptors (Lipinski definition) is 8. The average molecular weight is 782 g/mol. The number of halogens is 1. The van der Waals surface area contributed by atoms with E-state index in [2.05, 4.69) is 16.0 Å². The van der Waals surface area contributed by atoms with Crippen LogP contribution in [0.5, 0.6) is 5.75 Å². The fraction of sp³-hybridized carbons (Fsp3) is 0.500. The minimum Gasteiger partial charge on any atom is -1.00 e. The van der Waals surface area contributed by atoms with E-state index in [4.69, 9.17) is 9.47 Å². The Kier molecular flexibility index (Phi) is 13.9. The van der Waals surface area contributed by atoms with Crippen LogP contribution in [0.15, 0.2) is 72.8 Å². The molecule has 2 unspecified atom stereocenters. The Morgan fingerprint density at radius 1 is 1.04 bits per heavy atom. The summed E-state index contributed by atoms with van der Waals surface area (Å²) >= 11 is 0. The number of benzene rings is 3. The van der Waals surface area contributed by atoms with Gasteiger partial charge in [-0.25, -0.2) is 0 Å². The van der Waals surface area contributed by atoms with E-state index < -0.39 is 11.7 Å². The van der Waals surface area contributed by atoms with Crippen LogP contribution in [-0.2, 0) is 31.2 Å². The van der Waals surface area contributed by atoms with Crippen LogP contribution in [0, 0.1) is 11.8 Å². The summed E-state index contributed by atoms with van der Waals surface area (Å²) in [6.07, 6.45) is 5.14. The molecule has 5 atom stereocenters. The molecule has 12 heteroatoms. The summed E-state index contributed by atoms with van der Waals surface area (Å²) in [4.78, 5) is 23.8. The molecular weight excluding hydrogens is 728 g/mol. The number of carbonyl (C=O) groups is 2. The lowest BCUT2D eigenvalue weighted by Gasteiger charge is -2.52. The second kappa shape index (κ2) is 18.1. The minimum absolute atomic E-state index is 0. The van der Waals surface area contributed by atoms with Gasteiger partial charge in [-0.1, -0.05) is 48.5 Å². The number of amides is 2. The summed E-state index contributed by atoms with van der Waals surface area (Å²) in [7, 11) is 1.75. The van der Waals surface area contributed by atoms with Gasteiger partial charge in [-0.2, -0.15) is 0 Å². The number of piperidine rings is 3. The van der Waals surface area contributed by atoms with Crippen LogP contribution in [-0.4, -0.2) is 90.8 Å². The van der Waals surface area contributed by atoms with Gasteiger partial charge in [-0.15, -0.1) is 0 Å². The average Bonchev–Trinajstić information content (AvgIpc) is 3.66. The zero-order valence-electron chi connectivity index (χ0n) is 29.9. The molecule has 6 N–H and O–H groups in total. The molecule has 2 amide bonds. The van der Waals surface area contributed by atoms with Gasteiger partial charge in [0.25, 0.3) is 0 Å². The lowest BCUT2D eigenvalue weighted by molar-refractivity contribution is -0.946. The van der Waals surface area contributed by atoms with Gasteiger partial charge in [-0.3, -0.25) is 9.59 Å². The molecule has 52 heavy (non-hydrogen) atoms. The standard InChI is InChI=1S/C40H52N4O7.BrH/c1-50-34-13-10-32(22-34)40(49,31-5-3-2-4-6-31)26-51-38-25-44(18-15-29(38)16-19-44)20-17-39(48)43-33-11-7-28(8-12-33)23-41-24-37(47)30-9-14-36(46)35(21-30)42-27-45;/h2-9,11-12,14,21,27,29,32,34,37-38,41,47,49H,10,13,15-20,22-26H2,1H3,(H2-,42,43,45,46,48);1H/t29?,32?,34?,37-,38-,40+,44?;/m0./s1. The van der Waals surface area contributed by atoms with E-state index in [-0.39, 0.29) is 65.6 Å². The largest absolute Gasteiger partial charge is 1.00 e. The molecule has 11 nitrogen and oxygen atoms in total. The third-order valence-electron chi connectivity index (χ3n) is 11.6. The summed E-state index contributed by atoms with van der Waals surface area (Å²) in [5.41, 5.74) is 2.40. The molecule has 3 saturated heterocycles. The molecule has 7 rings (SSSR count). The topological polar surface area (TPSA) is 149 Å². The summed E-state index contributed by atoms with van der Waals surface area (Å²) < 4.78 is 13.2. The Balaban J connectivity index is 0.00000523. The van der Waals surface area contributed by atoms with E-state index in [0.29, 0.717) is 30.9 Å². The van der Waals surface area contributed by atoms with Crippen molar-refractivity contribution >= 4 is 23.7 Å². The zero-order valence-corrected chi connectivity index (χ0v) is 31.5. The van der Waals surface area contributed by atoms with Crippen LogP contribution >= 0.6 is 0 Å². The number of nitrogens with one attached hydrogen (secondary N) is 3. The van der Waals surface area contributed by atoms with Crippen molar-refractivity contribution in [2.75, 3.05) is 57.1 Å². The number of phenolic OH excluding ortho intramolecular Hbond substituents is 1. The quantitative estimate of drug-likeness (QED) is 0.0686. The van der Waals surface area contributed by atoms with Crippen molar-refractivity contribution in [1.29, 1.82) is 0 Å². The van der Waals surface area contributed by atoms with Crippen molar-refractivity contribution in [1.82, 2.24) is 5.32 Å². The van der Waals surface area contributed by atoms with E-state index in [1.54, 1.807) is 19.2 Å².